The van der Waals surface area contributed by atoms with E-state index in [9.17, 15) is 0 Å². The molecule has 1 saturated heterocycles. The van der Waals surface area contributed by atoms with Gasteiger partial charge in [0.2, 0.25) is 0 Å². The third-order valence-electron chi connectivity index (χ3n) is 4.59. The number of aliphatic hydroxyl groups is 1. The van der Waals surface area contributed by atoms with E-state index >= 15 is 0 Å². The van der Waals surface area contributed by atoms with Gasteiger partial charge in [-0.25, -0.2) is 0 Å². The number of rotatable bonds is 8. The molecule has 0 saturated carbocycles. The molecule has 0 aromatic heterocycles. The van der Waals surface area contributed by atoms with Crippen molar-refractivity contribution < 1.29 is 9.84 Å². The minimum atomic E-state index is -0.124. The van der Waals surface area contributed by atoms with E-state index in [2.05, 4.69) is 45.0 Å². The molecule has 0 spiro atoms. The Labute approximate surface area is 124 Å². The Hall–Kier alpha value is -0.160. The number of nitrogens with one attached hydrogen (secondary N) is 1. The lowest BCUT2D eigenvalue weighted by atomic mass is 9.82. The van der Waals surface area contributed by atoms with Crippen LogP contribution in [-0.2, 0) is 4.74 Å². The molecule has 2 N–H and O–H groups in total. The average molecular weight is 286 g/mol. The van der Waals surface area contributed by atoms with Crippen LogP contribution in [0.4, 0.5) is 0 Å². The number of nitrogens with zero attached hydrogens (tertiary/aromatic N) is 1. The van der Waals surface area contributed by atoms with Crippen LogP contribution in [0.5, 0.6) is 0 Å². The molecule has 4 nitrogen and oxygen atoms in total. The van der Waals surface area contributed by atoms with E-state index in [4.69, 9.17) is 9.84 Å². The van der Waals surface area contributed by atoms with Gasteiger partial charge in [0.05, 0.1) is 11.2 Å². The van der Waals surface area contributed by atoms with Crippen LogP contribution in [0.3, 0.4) is 0 Å². The predicted molar refractivity (Wildman–Crippen MR) is 84.0 cm³/mol. The lowest BCUT2D eigenvalue weighted by molar-refractivity contribution is -0.0790. The molecule has 0 aliphatic carbocycles. The molecule has 0 bridgehead atoms. The first-order valence-corrected chi connectivity index (χ1v) is 7.91. The van der Waals surface area contributed by atoms with Gasteiger partial charge in [0.15, 0.2) is 0 Å². The van der Waals surface area contributed by atoms with Gasteiger partial charge in [-0.15, -0.1) is 0 Å². The first-order valence-electron chi connectivity index (χ1n) is 7.91. The van der Waals surface area contributed by atoms with Crippen molar-refractivity contribution in [1.82, 2.24) is 10.2 Å². The van der Waals surface area contributed by atoms with Crippen molar-refractivity contribution in [3.05, 3.63) is 0 Å². The van der Waals surface area contributed by atoms with E-state index in [-0.39, 0.29) is 11.2 Å². The fraction of sp³-hybridized carbons (Fsp3) is 1.00. The van der Waals surface area contributed by atoms with Gasteiger partial charge in [-0.1, -0.05) is 0 Å². The van der Waals surface area contributed by atoms with E-state index < -0.39 is 0 Å². The van der Waals surface area contributed by atoms with Gasteiger partial charge in [-0.3, -0.25) is 0 Å². The third kappa shape index (κ3) is 4.42. The van der Waals surface area contributed by atoms with E-state index in [1.807, 2.05) is 7.05 Å². The second-order valence-electron chi connectivity index (χ2n) is 7.23. The molecular weight excluding hydrogens is 252 g/mol. The number of hydrogen-bond donors (Lipinski definition) is 2. The lowest BCUT2D eigenvalue weighted by Crippen LogP contribution is -2.49. The minimum Gasteiger partial charge on any atom is -0.396 e. The predicted octanol–water partition coefficient (Wildman–Crippen LogP) is 1.87. The number of hydrogen-bond acceptors (Lipinski definition) is 4. The van der Waals surface area contributed by atoms with Gasteiger partial charge in [-0.2, -0.15) is 0 Å². The molecule has 1 fully saturated rings. The van der Waals surface area contributed by atoms with Gasteiger partial charge < -0.3 is 20.1 Å². The Morgan fingerprint density at radius 3 is 2.30 bits per heavy atom. The maximum Gasteiger partial charge on any atom is 0.0790 e. The first-order chi connectivity index (χ1) is 9.24. The Kier molecular flexibility index (Phi) is 6.45. The second-order valence-corrected chi connectivity index (χ2v) is 7.23. The summed E-state index contributed by atoms with van der Waals surface area (Å²) in [6.45, 7) is 11.2. The zero-order chi connectivity index (χ0) is 15.4. The first kappa shape index (κ1) is 17.9. The fourth-order valence-corrected chi connectivity index (χ4v) is 3.67. The molecule has 0 aromatic rings. The van der Waals surface area contributed by atoms with Crippen LogP contribution in [0.15, 0.2) is 0 Å². The Balaban J connectivity index is 2.55. The summed E-state index contributed by atoms with van der Waals surface area (Å²) in [7, 11) is 4.22. The number of likely N-dealkylation sites (N-methyl/N-ethyl adjacent to an activating group) is 1. The van der Waals surface area contributed by atoms with Gasteiger partial charge >= 0.3 is 0 Å². The fourth-order valence-electron chi connectivity index (χ4n) is 3.67. The summed E-state index contributed by atoms with van der Waals surface area (Å²) in [5, 5.41) is 12.3. The van der Waals surface area contributed by atoms with Crippen molar-refractivity contribution >= 4 is 0 Å². The largest absolute Gasteiger partial charge is 0.396 e. The van der Waals surface area contributed by atoms with Crippen molar-refractivity contribution in [3.8, 4) is 0 Å². The molecule has 4 heteroatoms. The topological polar surface area (TPSA) is 44.7 Å². The van der Waals surface area contributed by atoms with Gasteiger partial charge in [0.1, 0.15) is 0 Å². The summed E-state index contributed by atoms with van der Waals surface area (Å²) < 4.78 is 6.27. The highest BCUT2D eigenvalue weighted by Gasteiger charge is 2.53. The average Bonchev–Trinajstić information content (AvgIpc) is 2.49. The SMILES string of the molecule is CNC1C(CN(C)CCCCCO)C(C)(C)OC1(C)C. The molecule has 1 aliphatic rings. The maximum absolute atomic E-state index is 8.82. The van der Waals surface area contributed by atoms with E-state index in [0.717, 1.165) is 32.4 Å². The number of aliphatic hydroxyl groups excluding tert-OH is 1. The minimum absolute atomic E-state index is 0.101. The normalized spacial score (nSPS) is 28.2. The van der Waals surface area contributed by atoms with Crippen LogP contribution in [-0.4, -0.2) is 61.0 Å². The molecule has 120 valence electrons. The van der Waals surface area contributed by atoms with Crippen molar-refractivity contribution in [3.63, 3.8) is 0 Å². The van der Waals surface area contributed by atoms with Gasteiger partial charge in [0.25, 0.3) is 0 Å². The molecule has 1 aliphatic heterocycles. The standard InChI is InChI=1S/C16H34N2O2/c1-15(2)13(14(17-5)16(3,4)20-15)12-18(6)10-8-7-9-11-19/h13-14,17,19H,7-12H2,1-6H3. The van der Waals surface area contributed by atoms with Crippen molar-refractivity contribution in [1.29, 1.82) is 0 Å². The zero-order valence-electron chi connectivity index (χ0n) is 14.2. The van der Waals surface area contributed by atoms with Gasteiger partial charge in [-0.05, 0) is 67.6 Å². The van der Waals surface area contributed by atoms with Crippen LogP contribution < -0.4 is 5.32 Å². The third-order valence-corrected chi connectivity index (χ3v) is 4.59. The van der Waals surface area contributed by atoms with Crippen LogP contribution in [0.1, 0.15) is 47.0 Å². The summed E-state index contributed by atoms with van der Waals surface area (Å²) in [5.41, 5.74) is -0.225. The maximum atomic E-state index is 8.82. The lowest BCUT2D eigenvalue weighted by Gasteiger charge is -2.32. The summed E-state index contributed by atoms with van der Waals surface area (Å²) in [6, 6.07) is 0.373. The van der Waals surface area contributed by atoms with Crippen molar-refractivity contribution in [2.45, 2.75) is 64.2 Å². The van der Waals surface area contributed by atoms with Crippen molar-refractivity contribution in [2.24, 2.45) is 5.92 Å². The highest BCUT2D eigenvalue weighted by molar-refractivity contribution is 5.05. The second kappa shape index (κ2) is 7.21. The Morgan fingerprint density at radius 2 is 1.75 bits per heavy atom. The summed E-state index contributed by atoms with van der Waals surface area (Å²) >= 11 is 0. The Morgan fingerprint density at radius 1 is 1.10 bits per heavy atom. The summed E-state index contributed by atoms with van der Waals surface area (Å²) in [6.07, 6.45) is 3.17. The van der Waals surface area contributed by atoms with E-state index in [1.54, 1.807) is 0 Å². The molecule has 0 amide bonds. The van der Waals surface area contributed by atoms with Crippen LogP contribution in [0, 0.1) is 5.92 Å². The molecule has 1 heterocycles. The summed E-state index contributed by atoms with van der Waals surface area (Å²) in [4.78, 5) is 2.40. The molecule has 0 radical (unpaired) electrons. The molecule has 1 rings (SSSR count). The molecule has 2 atom stereocenters. The van der Waals surface area contributed by atoms with E-state index in [1.165, 1.54) is 0 Å². The summed E-state index contributed by atoms with van der Waals surface area (Å²) in [5.74, 6) is 0.477. The quantitative estimate of drug-likeness (QED) is 0.669. The molecule has 2 unspecified atom stereocenters. The highest BCUT2D eigenvalue weighted by atomic mass is 16.5. The zero-order valence-corrected chi connectivity index (χ0v) is 14.2. The van der Waals surface area contributed by atoms with Crippen LogP contribution in [0.25, 0.3) is 0 Å². The monoisotopic (exact) mass is 286 g/mol. The molecule has 0 aromatic carbocycles. The van der Waals surface area contributed by atoms with Crippen LogP contribution >= 0.6 is 0 Å². The van der Waals surface area contributed by atoms with Gasteiger partial charge in [0, 0.05) is 25.1 Å². The number of ether oxygens (including phenoxy) is 1. The smallest absolute Gasteiger partial charge is 0.0790 e. The molecular formula is C16H34N2O2. The number of unbranched alkanes of at least 4 members (excludes halogenated alkanes) is 2. The highest BCUT2D eigenvalue weighted by Crippen LogP contribution is 2.42. The van der Waals surface area contributed by atoms with E-state index in [0.29, 0.717) is 18.6 Å². The van der Waals surface area contributed by atoms with Crippen molar-refractivity contribution in [2.75, 3.05) is 33.8 Å². The Bertz CT molecular complexity index is 292. The van der Waals surface area contributed by atoms with Crippen LogP contribution in [0.2, 0.25) is 0 Å². The molecule has 20 heavy (non-hydrogen) atoms.